The van der Waals surface area contributed by atoms with E-state index in [1.54, 1.807) is 38.0 Å². The molecule has 5 nitrogen and oxygen atoms in total. The molecule has 0 fully saturated rings. The highest BCUT2D eigenvalue weighted by Crippen LogP contribution is 2.42. The summed E-state index contributed by atoms with van der Waals surface area (Å²) >= 11 is 7.99. The molecule has 26 heavy (non-hydrogen) atoms. The van der Waals surface area contributed by atoms with Crippen molar-refractivity contribution >= 4 is 44.7 Å². The van der Waals surface area contributed by atoms with Gasteiger partial charge in [-0.05, 0) is 30.7 Å². The lowest BCUT2D eigenvalue weighted by atomic mass is 9.89. The maximum Gasteiger partial charge on any atom is 0.144 e. The van der Waals surface area contributed by atoms with Gasteiger partial charge in [0.05, 0.1) is 30.3 Å². The smallest absolute Gasteiger partial charge is 0.144 e. The summed E-state index contributed by atoms with van der Waals surface area (Å²) in [6.07, 6.45) is 4.99. The van der Waals surface area contributed by atoms with E-state index >= 15 is 0 Å². The Morgan fingerprint density at radius 1 is 1.19 bits per heavy atom. The third-order valence-electron chi connectivity index (χ3n) is 4.82. The molecular formula is C19H20ClN3O2S. The van der Waals surface area contributed by atoms with Gasteiger partial charge in [0.1, 0.15) is 28.5 Å². The monoisotopic (exact) mass is 389 g/mol. The first-order valence-electron chi connectivity index (χ1n) is 8.54. The SMILES string of the molecule is COc1cc(Nc2ncnc3sc4c(c23)CCC(C)C4)c(OC)cc1Cl. The fourth-order valence-electron chi connectivity index (χ4n) is 3.46. The number of anilines is 2. The Kier molecular flexibility index (Phi) is 4.63. The molecule has 0 spiro atoms. The molecule has 3 aromatic rings. The summed E-state index contributed by atoms with van der Waals surface area (Å²) in [6, 6.07) is 3.57. The van der Waals surface area contributed by atoms with Gasteiger partial charge in [0.2, 0.25) is 0 Å². The lowest BCUT2D eigenvalue weighted by Gasteiger charge is -2.18. The summed E-state index contributed by atoms with van der Waals surface area (Å²) in [4.78, 5) is 11.5. The van der Waals surface area contributed by atoms with Crippen LogP contribution in [0.1, 0.15) is 23.8 Å². The predicted octanol–water partition coefficient (Wildman–Crippen LogP) is 5.23. The number of halogens is 1. The van der Waals surface area contributed by atoms with Crippen LogP contribution in [0.25, 0.3) is 10.2 Å². The fourth-order valence-corrected chi connectivity index (χ4v) is 5.04. The number of aromatic nitrogens is 2. The molecule has 0 saturated carbocycles. The number of aryl methyl sites for hydroxylation is 1. The van der Waals surface area contributed by atoms with E-state index in [0.29, 0.717) is 16.5 Å². The van der Waals surface area contributed by atoms with Gasteiger partial charge in [0.25, 0.3) is 0 Å². The van der Waals surface area contributed by atoms with Crippen molar-refractivity contribution in [1.82, 2.24) is 9.97 Å². The Morgan fingerprint density at radius 3 is 2.77 bits per heavy atom. The van der Waals surface area contributed by atoms with E-state index in [4.69, 9.17) is 21.1 Å². The van der Waals surface area contributed by atoms with Crippen molar-refractivity contribution in [3.05, 3.63) is 33.9 Å². The number of hydrogen-bond acceptors (Lipinski definition) is 6. The molecule has 4 rings (SSSR count). The highest BCUT2D eigenvalue weighted by atomic mass is 35.5. The molecule has 1 atom stereocenters. The van der Waals surface area contributed by atoms with Gasteiger partial charge in [0, 0.05) is 17.0 Å². The van der Waals surface area contributed by atoms with Crippen LogP contribution in [0.15, 0.2) is 18.5 Å². The van der Waals surface area contributed by atoms with Gasteiger partial charge in [-0.2, -0.15) is 0 Å². The van der Waals surface area contributed by atoms with Crippen molar-refractivity contribution in [3.63, 3.8) is 0 Å². The van der Waals surface area contributed by atoms with Gasteiger partial charge in [-0.25, -0.2) is 9.97 Å². The van der Waals surface area contributed by atoms with Crippen molar-refractivity contribution in [2.24, 2.45) is 5.92 Å². The van der Waals surface area contributed by atoms with E-state index in [1.165, 1.54) is 16.9 Å². The number of benzene rings is 1. The quantitative estimate of drug-likeness (QED) is 0.662. The average molecular weight is 390 g/mol. The molecule has 0 radical (unpaired) electrons. The fraction of sp³-hybridized carbons (Fsp3) is 0.368. The number of nitrogens with zero attached hydrogens (tertiary/aromatic N) is 2. The number of nitrogens with one attached hydrogen (secondary N) is 1. The van der Waals surface area contributed by atoms with Crippen LogP contribution in [-0.4, -0.2) is 24.2 Å². The van der Waals surface area contributed by atoms with Crippen molar-refractivity contribution in [2.45, 2.75) is 26.2 Å². The Balaban J connectivity index is 1.81. The van der Waals surface area contributed by atoms with E-state index in [-0.39, 0.29) is 0 Å². The average Bonchev–Trinajstić information content (AvgIpc) is 3.01. The third-order valence-corrected chi connectivity index (χ3v) is 6.28. The second-order valence-electron chi connectivity index (χ2n) is 6.57. The van der Waals surface area contributed by atoms with Gasteiger partial charge in [0.15, 0.2) is 0 Å². The molecule has 0 amide bonds. The molecule has 1 aliphatic carbocycles. The van der Waals surface area contributed by atoms with Gasteiger partial charge < -0.3 is 14.8 Å². The minimum atomic E-state index is 0.504. The number of thiophene rings is 1. The Hall–Kier alpha value is -2.05. The standard InChI is InChI=1S/C19H20ClN3O2S/c1-10-4-5-11-16(6-10)26-19-17(11)18(21-9-22-19)23-13-8-14(24-2)12(20)7-15(13)25-3/h7-10H,4-6H2,1-3H3,(H,21,22,23). The summed E-state index contributed by atoms with van der Waals surface area (Å²) in [7, 11) is 3.21. The molecule has 1 aromatic carbocycles. The van der Waals surface area contributed by atoms with Crippen molar-refractivity contribution in [2.75, 3.05) is 19.5 Å². The minimum absolute atomic E-state index is 0.504. The van der Waals surface area contributed by atoms with E-state index in [9.17, 15) is 0 Å². The highest BCUT2D eigenvalue weighted by Gasteiger charge is 2.23. The molecule has 136 valence electrons. The second kappa shape index (κ2) is 6.93. The molecule has 1 unspecified atom stereocenters. The predicted molar refractivity (Wildman–Crippen MR) is 106 cm³/mol. The van der Waals surface area contributed by atoms with Gasteiger partial charge >= 0.3 is 0 Å². The van der Waals surface area contributed by atoms with Crippen LogP contribution in [0.5, 0.6) is 11.5 Å². The second-order valence-corrected chi connectivity index (χ2v) is 8.06. The lowest BCUT2D eigenvalue weighted by Crippen LogP contribution is -2.09. The normalized spacial score (nSPS) is 16.4. The summed E-state index contributed by atoms with van der Waals surface area (Å²) in [5.41, 5.74) is 2.14. The van der Waals surface area contributed by atoms with E-state index in [1.807, 2.05) is 6.07 Å². The number of methoxy groups -OCH3 is 2. The number of fused-ring (bicyclic) bond motifs is 3. The number of hydrogen-bond donors (Lipinski definition) is 1. The maximum absolute atomic E-state index is 6.21. The Morgan fingerprint density at radius 2 is 2.00 bits per heavy atom. The third kappa shape index (κ3) is 2.97. The van der Waals surface area contributed by atoms with Crippen LogP contribution in [0.4, 0.5) is 11.5 Å². The molecule has 0 aliphatic heterocycles. The molecule has 1 aliphatic rings. The van der Waals surface area contributed by atoms with Gasteiger partial charge in [-0.3, -0.25) is 0 Å². The van der Waals surface area contributed by atoms with Crippen molar-refractivity contribution in [1.29, 1.82) is 0 Å². The zero-order valence-corrected chi connectivity index (χ0v) is 16.5. The summed E-state index contributed by atoms with van der Waals surface area (Å²) in [5, 5.41) is 5.03. The van der Waals surface area contributed by atoms with Crippen LogP contribution >= 0.6 is 22.9 Å². The summed E-state index contributed by atoms with van der Waals surface area (Å²) in [6.45, 7) is 2.31. The van der Waals surface area contributed by atoms with Crippen molar-refractivity contribution < 1.29 is 9.47 Å². The van der Waals surface area contributed by atoms with Crippen LogP contribution in [-0.2, 0) is 12.8 Å². The van der Waals surface area contributed by atoms with Crippen LogP contribution in [0, 0.1) is 5.92 Å². The largest absolute Gasteiger partial charge is 0.495 e. The Bertz CT molecular complexity index is 973. The van der Waals surface area contributed by atoms with Crippen molar-refractivity contribution in [3.8, 4) is 11.5 Å². The molecule has 0 bridgehead atoms. The number of rotatable bonds is 4. The first-order valence-corrected chi connectivity index (χ1v) is 9.74. The van der Waals surface area contributed by atoms with Crippen LogP contribution < -0.4 is 14.8 Å². The van der Waals surface area contributed by atoms with Gasteiger partial charge in [-0.15, -0.1) is 11.3 Å². The molecule has 0 saturated heterocycles. The first-order chi connectivity index (χ1) is 12.6. The van der Waals surface area contributed by atoms with E-state index in [0.717, 1.165) is 40.5 Å². The molecule has 7 heteroatoms. The van der Waals surface area contributed by atoms with Crippen LogP contribution in [0.2, 0.25) is 5.02 Å². The molecule has 2 aromatic heterocycles. The molecule has 2 heterocycles. The summed E-state index contributed by atoms with van der Waals surface area (Å²) < 4.78 is 10.8. The topological polar surface area (TPSA) is 56.3 Å². The lowest BCUT2D eigenvalue weighted by molar-refractivity contribution is 0.405. The zero-order chi connectivity index (χ0) is 18.3. The van der Waals surface area contributed by atoms with Gasteiger partial charge in [-0.1, -0.05) is 18.5 Å². The molecule has 1 N–H and O–H groups in total. The molecular weight excluding hydrogens is 370 g/mol. The maximum atomic E-state index is 6.21. The number of ether oxygens (including phenoxy) is 2. The zero-order valence-electron chi connectivity index (χ0n) is 14.9. The van der Waals surface area contributed by atoms with E-state index < -0.39 is 0 Å². The van der Waals surface area contributed by atoms with E-state index in [2.05, 4.69) is 22.2 Å². The minimum Gasteiger partial charge on any atom is -0.495 e. The highest BCUT2D eigenvalue weighted by molar-refractivity contribution is 7.19. The Labute approximate surface area is 161 Å². The van der Waals surface area contributed by atoms with Crippen LogP contribution in [0.3, 0.4) is 0 Å². The summed E-state index contributed by atoms with van der Waals surface area (Å²) in [5.74, 6) is 2.74. The first kappa shape index (κ1) is 17.4.